The van der Waals surface area contributed by atoms with Crippen molar-refractivity contribution in [2.45, 2.75) is 77.6 Å². The normalized spacial score (nSPS) is 11.0. The Bertz CT molecular complexity index is 357. The summed E-state index contributed by atoms with van der Waals surface area (Å²) in [5, 5.41) is 0. The van der Waals surface area contributed by atoms with Gasteiger partial charge in [0.1, 0.15) is 0 Å². The molecule has 0 spiro atoms. The van der Waals surface area contributed by atoms with E-state index >= 15 is 0 Å². The van der Waals surface area contributed by atoms with E-state index in [1.807, 2.05) is 0 Å². The fourth-order valence-electron chi connectivity index (χ4n) is 2.06. The van der Waals surface area contributed by atoms with Crippen LogP contribution in [-0.2, 0) is 19.6 Å². The predicted octanol–water partition coefficient (Wildman–Crippen LogP) is 3.08. The second-order valence-corrected chi connectivity index (χ2v) is 7.01. The molecule has 0 aliphatic rings. The van der Waals surface area contributed by atoms with Crippen LogP contribution in [0.15, 0.2) is 0 Å². The van der Waals surface area contributed by atoms with E-state index in [0.29, 0.717) is 6.61 Å². The number of esters is 1. The average Bonchev–Trinajstić information content (AvgIpc) is 2.42. The van der Waals surface area contributed by atoms with Gasteiger partial charge in [-0.2, -0.15) is 8.42 Å². The topological polar surface area (TPSA) is 80.7 Å². The first kappa shape index (κ1) is 24.6. The molecule has 5 nitrogen and oxygen atoms in total. The van der Waals surface area contributed by atoms with E-state index in [-0.39, 0.29) is 36.0 Å². The van der Waals surface area contributed by atoms with Crippen LogP contribution in [0.5, 0.6) is 0 Å². The Kier molecular flexibility index (Phi) is 18.2. The van der Waals surface area contributed by atoms with Gasteiger partial charge in [0.25, 0.3) is 10.1 Å². The first-order valence-corrected chi connectivity index (χ1v) is 9.67. The van der Waals surface area contributed by atoms with Crippen molar-refractivity contribution in [3.05, 3.63) is 0 Å². The van der Waals surface area contributed by atoms with Gasteiger partial charge in [-0.15, -0.1) is 0 Å². The minimum atomic E-state index is -4.07. The SMILES string of the molecule is CCCCCCCCCCCCOC(=O)CCS(=O)(=O)O.[NaH]. The second-order valence-electron chi connectivity index (χ2n) is 5.44. The van der Waals surface area contributed by atoms with Crippen LogP contribution < -0.4 is 0 Å². The van der Waals surface area contributed by atoms with Gasteiger partial charge in [-0.05, 0) is 6.42 Å². The van der Waals surface area contributed by atoms with Gasteiger partial charge < -0.3 is 4.74 Å². The van der Waals surface area contributed by atoms with Crippen LogP contribution in [0.4, 0.5) is 0 Å². The zero-order valence-electron chi connectivity index (χ0n) is 13.2. The third-order valence-corrected chi connectivity index (χ3v) is 4.05. The predicted molar refractivity (Wildman–Crippen MR) is 91.0 cm³/mol. The molecule has 0 bridgehead atoms. The maximum absolute atomic E-state index is 11.2. The molecule has 0 unspecified atom stereocenters. The number of carbonyl (C=O) groups excluding carboxylic acids is 1. The van der Waals surface area contributed by atoms with Gasteiger partial charge in [0.05, 0.1) is 18.8 Å². The summed E-state index contributed by atoms with van der Waals surface area (Å²) in [6, 6.07) is 0. The molecule has 0 aromatic heterocycles. The number of unbranched alkanes of at least 4 members (excludes halogenated alkanes) is 9. The molecule has 0 fully saturated rings. The van der Waals surface area contributed by atoms with E-state index in [9.17, 15) is 13.2 Å². The molecule has 0 radical (unpaired) electrons. The van der Waals surface area contributed by atoms with Crippen molar-refractivity contribution in [1.82, 2.24) is 0 Å². The van der Waals surface area contributed by atoms with Crippen molar-refractivity contribution in [1.29, 1.82) is 0 Å². The molecule has 1 N–H and O–H groups in total. The fraction of sp³-hybridized carbons (Fsp3) is 0.933. The van der Waals surface area contributed by atoms with E-state index in [4.69, 9.17) is 9.29 Å². The van der Waals surface area contributed by atoms with E-state index < -0.39 is 21.8 Å². The van der Waals surface area contributed by atoms with Crippen molar-refractivity contribution < 1.29 is 22.5 Å². The molecule has 0 aliphatic carbocycles. The molecule has 0 aliphatic heterocycles. The summed E-state index contributed by atoms with van der Waals surface area (Å²) in [6.45, 7) is 2.55. The third-order valence-electron chi connectivity index (χ3n) is 3.33. The molecule has 0 atom stereocenters. The number of ether oxygens (including phenoxy) is 1. The third kappa shape index (κ3) is 20.4. The Morgan fingerprint density at radius 2 is 1.36 bits per heavy atom. The maximum atomic E-state index is 11.2. The molecule has 0 aromatic carbocycles. The standard InChI is InChI=1S/C15H30O5S.Na.H/c1-2-3-4-5-6-7-8-9-10-11-13-20-15(16)12-14-21(17,18)19;;/h2-14H2,1H3,(H,17,18,19);;. The van der Waals surface area contributed by atoms with Gasteiger partial charge in [-0.25, -0.2) is 0 Å². The summed E-state index contributed by atoms with van der Waals surface area (Å²) < 4.78 is 34.3. The molecule has 0 rings (SSSR count). The summed E-state index contributed by atoms with van der Waals surface area (Å²) in [4.78, 5) is 11.2. The Hall–Kier alpha value is 0.380. The minimum absolute atomic E-state index is 0. The van der Waals surface area contributed by atoms with Gasteiger partial charge in [-0.1, -0.05) is 64.7 Å². The quantitative estimate of drug-likeness (QED) is 0.226. The zero-order chi connectivity index (χ0) is 16.0. The number of hydrogen-bond donors (Lipinski definition) is 1. The van der Waals surface area contributed by atoms with Crippen LogP contribution in [-0.4, -0.2) is 60.9 Å². The second kappa shape index (κ2) is 16.2. The van der Waals surface area contributed by atoms with Crippen molar-refractivity contribution in [2.75, 3.05) is 12.4 Å². The van der Waals surface area contributed by atoms with Gasteiger partial charge in [-0.3, -0.25) is 9.35 Å². The first-order chi connectivity index (χ1) is 9.95. The molecule has 0 aromatic rings. The fourth-order valence-corrected chi connectivity index (χ4v) is 2.48. The van der Waals surface area contributed by atoms with E-state index in [1.54, 1.807) is 0 Å². The molecular formula is C15H31NaO5S. The summed E-state index contributed by atoms with van der Waals surface area (Å²) in [7, 11) is -4.07. The number of rotatable bonds is 14. The first-order valence-electron chi connectivity index (χ1n) is 8.06. The molecule has 7 heteroatoms. The molecular weight excluding hydrogens is 315 g/mol. The molecule has 22 heavy (non-hydrogen) atoms. The summed E-state index contributed by atoms with van der Waals surface area (Å²) >= 11 is 0. The molecule has 128 valence electrons. The van der Waals surface area contributed by atoms with Crippen LogP contribution in [0.1, 0.15) is 77.6 Å². The Labute approximate surface area is 157 Å². The van der Waals surface area contributed by atoms with Gasteiger partial charge in [0.15, 0.2) is 0 Å². The Morgan fingerprint density at radius 1 is 0.909 bits per heavy atom. The summed E-state index contributed by atoms with van der Waals surface area (Å²) in [5.41, 5.74) is 0. The van der Waals surface area contributed by atoms with Crippen molar-refractivity contribution in [3.8, 4) is 0 Å². The van der Waals surface area contributed by atoms with Crippen molar-refractivity contribution in [3.63, 3.8) is 0 Å². The Balaban J connectivity index is 0. The van der Waals surface area contributed by atoms with E-state index in [0.717, 1.165) is 19.3 Å². The van der Waals surface area contributed by atoms with Gasteiger partial charge in [0.2, 0.25) is 0 Å². The number of hydrogen-bond acceptors (Lipinski definition) is 4. The summed E-state index contributed by atoms with van der Waals surface area (Å²) in [5.74, 6) is -1.13. The zero-order valence-corrected chi connectivity index (χ0v) is 14.0. The molecule has 0 saturated carbocycles. The van der Waals surface area contributed by atoms with Crippen LogP contribution in [0, 0.1) is 0 Å². The average molecular weight is 346 g/mol. The van der Waals surface area contributed by atoms with Crippen LogP contribution in [0.3, 0.4) is 0 Å². The molecule has 0 amide bonds. The van der Waals surface area contributed by atoms with Crippen LogP contribution in [0.25, 0.3) is 0 Å². The summed E-state index contributed by atoms with van der Waals surface area (Å²) in [6.07, 6.45) is 11.8. The van der Waals surface area contributed by atoms with Gasteiger partial charge >= 0.3 is 35.5 Å². The monoisotopic (exact) mass is 346 g/mol. The molecule has 0 saturated heterocycles. The van der Waals surface area contributed by atoms with Crippen molar-refractivity contribution >= 4 is 45.6 Å². The van der Waals surface area contributed by atoms with E-state index in [2.05, 4.69) is 6.92 Å². The molecule has 0 heterocycles. The van der Waals surface area contributed by atoms with Gasteiger partial charge in [0, 0.05) is 0 Å². The number of carbonyl (C=O) groups is 1. The van der Waals surface area contributed by atoms with Crippen LogP contribution >= 0.6 is 0 Å². The van der Waals surface area contributed by atoms with Crippen molar-refractivity contribution in [2.24, 2.45) is 0 Å². The Morgan fingerprint density at radius 3 is 1.82 bits per heavy atom. The van der Waals surface area contributed by atoms with E-state index in [1.165, 1.54) is 44.9 Å². The van der Waals surface area contributed by atoms with Crippen LogP contribution in [0.2, 0.25) is 0 Å².